The Kier molecular flexibility index (Phi) is 7.33. The van der Waals surface area contributed by atoms with Crippen molar-refractivity contribution >= 4 is 28.4 Å². The number of ether oxygens (including phenoxy) is 2. The predicted octanol–water partition coefficient (Wildman–Crippen LogP) is 5.89. The van der Waals surface area contributed by atoms with Crippen molar-refractivity contribution in [3.8, 4) is 22.6 Å². The van der Waals surface area contributed by atoms with Crippen molar-refractivity contribution in [2.24, 2.45) is 0 Å². The van der Waals surface area contributed by atoms with Gasteiger partial charge in [0.2, 0.25) is 0 Å². The van der Waals surface area contributed by atoms with Crippen molar-refractivity contribution in [3.63, 3.8) is 0 Å². The standard InChI is InChI=1S/C30H31N3O5/c1-19-26(37-23-13-15-33(2)16-14-23)11-9-21-17-25(29(34)38-28(19)21)32-30(35)31-22-10-12-27(36-3)24(18-22)20-7-5-4-6-8-20/h4-12,17-18,23H,13-16H2,1-3H3,(H2,31,32,35). The molecule has 2 heterocycles. The fourth-order valence-electron chi connectivity index (χ4n) is 4.72. The minimum Gasteiger partial charge on any atom is -0.496 e. The maximum Gasteiger partial charge on any atom is 0.360 e. The zero-order valence-electron chi connectivity index (χ0n) is 21.7. The van der Waals surface area contributed by atoms with E-state index < -0.39 is 11.7 Å². The molecule has 2 N–H and O–H groups in total. The Morgan fingerprint density at radius 3 is 2.45 bits per heavy atom. The minimum absolute atomic E-state index is 0.0511. The maximum atomic E-state index is 12.8. The molecule has 196 valence electrons. The first kappa shape index (κ1) is 25.4. The fraction of sp³-hybridized carbons (Fsp3) is 0.267. The minimum atomic E-state index is -0.633. The molecule has 0 unspecified atom stereocenters. The molecule has 2 amide bonds. The van der Waals surface area contributed by atoms with Crippen LogP contribution in [0.4, 0.5) is 16.2 Å². The number of benzene rings is 3. The average Bonchev–Trinajstić information content (AvgIpc) is 2.93. The summed E-state index contributed by atoms with van der Waals surface area (Å²) in [7, 11) is 3.71. The molecular weight excluding hydrogens is 482 g/mol. The lowest BCUT2D eigenvalue weighted by Crippen LogP contribution is -2.35. The quantitative estimate of drug-likeness (QED) is 0.312. The number of anilines is 2. The highest BCUT2D eigenvalue weighted by molar-refractivity contribution is 6.01. The maximum absolute atomic E-state index is 12.8. The highest BCUT2D eigenvalue weighted by Crippen LogP contribution is 2.33. The van der Waals surface area contributed by atoms with E-state index in [-0.39, 0.29) is 11.8 Å². The van der Waals surface area contributed by atoms with E-state index in [2.05, 4.69) is 22.6 Å². The Morgan fingerprint density at radius 2 is 1.71 bits per heavy atom. The van der Waals surface area contributed by atoms with Crippen LogP contribution in [0.1, 0.15) is 18.4 Å². The van der Waals surface area contributed by atoms with Crippen LogP contribution in [0.5, 0.6) is 11.5 Å². The second-order valence-corrected chi connectivity index (χ2v) is 9.54. The van der Waals surface area contributed by atoms with Crippen molar-refractivity contribution in [1.82, 2.24) is 4.90 Å². The molecule has 4 aromatic rings. The van der Waals surface area contributed by atoms with Gasteiger partial charge in [0.05, 0.1) is 7.11 Å². The number of amides is 2. The lowest BCUT2D eigenvalue weighted by molar-refractivity contribution is 0.113. The summed E-state index contributed by atoms with van der Waals surface area (Å²) in [6.07, 6.45) is 2.05. The molecular formula is C30H31N3O5. The van der Waals surface area contributed by atoms with E-state index in [4.69, 9.17) is 13.9 Å². The number of carbonyl (C=O) groups excluding carboxylic acids is 1. The Balaban J connectivity index is 1.32. The van der Waals surface area contributed by atoms with E-state index in [0.717, 1.165) is 42.6 Å². The van der Waals surface area contributed by atoms with Crippen molar-refractivity contribution in [1.29, 1.82) is 0 Å². The Bertz CT molecular complexity index is 1510. The van der Waals surface area contributed by atoms with E-state index in [9.17, 15) is 9.59 Å². The average molecular weight is 514 g/mol. The molecule has 1 fully saturated rings. The van der Waals surface area contributed by atoms with Gasteiger partial charge in [0.25, 0.3) is 0 Å². The third-order valence-corrected chi connectivity index (χ3v) is 6.85. The number of aryl methyl sites for hydroxylation is 1. The Labute approximate surface area is 221 Å². The molecule has 0 bridgehead atoms. The van der Waals surface area contributed by atoms with E-state index in [1.807, 2.05) is 55.5 Å². The summed E-state index contributed by atoms with van der Waals surface area (Å²) in [5.74, 6) is 1.40. The summed E-state index contributed by atoms with van der Waals surface area (Å²) < 4.78 is 17.3. The molecule has 0 spiro atoms. The van der Waals surface area contributed by atoms with Gasteiger partial charge in [-0.1, -0.05) is 30.3 Å². The van der Waals surface area contributed by atoms with Crippen molar-refractivity contribution in [2.45, 2.75) is 25.9 Å². The molecule has 8 heteroatoms. The number of likely N-dealkylation sites (tertiary alicyclic amines) is 1. The first-order valence-corrected chi connectivity index (χ1v) is 12.7. The van der Waals surface area contributed by atoms with E-state index >= 15 is 0 Å². The molecule has 0 saturated carbocycles. The van der Waals surface area contributed by atoms with Crippen LogP contribution in [0.2, 0.25) is 0 Å². The SMILES string of the molecule is COc1ccc(NC(=O)Nc2cc3ccc(OC4CCN(C)CC4)c(C)c3oc2=O)cc1-c1ccccc1. The van der Waals surface area contributed by atoms with E-state index in [1.165, 1.54) is 0 Å². The zero-order chi connectivity index (χ0) is 26.6. The molecule has 0 radical (unpaired) electrons. The Hall–Kier alpha value is -4.30. The molecule has 3 aromatic carbocycles. The van der Waals surface area contributed by atoms with E-state index in [1.54, 1.807) is 25.3 Å². The number of urea groups is 1. The van der Waals surface area contributed by atoms with Gasteiger partial charge in [-0.05, 0) is 68.8 Å². The van der Waals surface area contributed by atoms with Crippen LogP contribution in [0, 0.1) is 6.92 Å². The molecule has 38 heavy (non-hydrogen) atoms. The molecule has 1 saturated heterocycles. The summed E-state index contributed by atoms with van der Waals surface area (Å²) in [5, 5.41) is 6.10. The first-order chi connectivity index (χ1) is 18.4. The lowest BCUT2D eigenvalue weighted by atomic mass is 10.0. The number of rotatable bonds is 6. The zero-order valence-corrected chi connectivity index (χ0v) is 21.7. The molecule has 8 nitrogen and oxygen atoms in total. The normalized spacial score (nSPS) is 14.3. The van der Waals surface area contributed by atoms with Crippen LogP contribution in [-0.4, -0.2) is 44.3 Å². The third kappa shape index (κ3) is 5.50. The van der Waals surface area contributed by atoms with E-state index in [0.29, 0.717) is 28.2 Å². The Morgan fingerprint density at radius 1 is 0.974 bits per heavy atom. The van der Waals surface area contributed by atoms with Crippen LogP contribution < -0.4 is 25.7 Å². The second-order valence-electron chi connectivity index (χ2n) is 9.54. The summed E-state index contributed by atoms with van der Waals surface area (Å²) in [5.41, 5.74) is 2.99. The van der Waals surface area contributed by atoms with Crippen LogP contribution in [0.25, 0.3) is 22.1 Å². The third-order valence-electron chi connectivity index (χ3n) is 6.85. The van der Waals surface area contributed by atoms with Gasteiger partial charge in [-0.3, -0.25) is 0 Å². The van der Waals surface area contributed by atoms with Gasteiger partial charge in [-0.2, -0.15) is 0 Å². The lowest BCUT2D eigenvalue weighted by Gasteiger charge is -2.29. The number of nitrogens with one attached hydrogen (secondary N) is 2. The van der Waals surface area contributed by atoms with Gasteiger partial charge in [0.1, 0.15) is 28.9 Å². The number of fused-ring (bicyclic) bond motifs is 1. The number of piperidine rings is 1. The molecule has 1 aliphatic heterocycles. The van der Waals surface area contributed by atoms with Crippen molar-refractivity contribution in [3.05, 3.63) is 82.7 Å². The van der Waals surface area contributed by atoms with Crippen LogP contribution in [0.15, 0.2) is 75.9 Å². The second kappa shape index (κ2) is 11.0. The highest BCUT2D eigenvalue weighted by Gasteiger charge is 2.20. The number of methoxy groups -OCH3 is 1. The smallest absolute Gasteiger partial charge is 0.360 e. The summed E-state index contributed by atoms with van der Waals surface area (Å²) in [6.45, 7) is 3.87. The van der Waals surface area contributed by atoms with Gasteiger partial charge in [0.15, 0.2) is 0 Å². The number of hydrogen-bond donors (Lipinski definition) is 2. The number of carbonyl (C=O) groups is 1. The fourth-order valence-corrected chi connectivity index (χ4v) is 4.72. The topological polar surface area (TPSA) is 93.0 Å². The number of hydrogen-bond acceptors (Lipinski definition) is 6. The van der Waals surface area contributed by atoms with Gasteiger partial charge in [-0.25, -0.2) is 9.59 Å². The van der Waals surface area contributed by atoms with Crippen molar-refractivity contribution in [2.75, 3.05) is 37.9 Å². The molecule has 0 aliphatic carbocycles. The van der Waals surface area contributed by atoms with Gasteiger partial charge < -0.3 is 29.4 Å². The van der Waals surface area contributed by atoms with Gasteiger partial charge >= 0.3 is 11.7 Å². The monoisotopic (exact) mass is 513 g/mol. The highest BCUT2D eigenvalue weighted by atomic mass is 16.5. The summed E-state index contributed by atoms with van der Waals surface area (Å²) in [6, 6.07) is 19.9. The van der Waals surface area contributed by atoms with Crippen LogP contribution in [0.3, 0.4) is 0 Å². The molecule has 0 atom stereocenters. The van der Waals surface area contributed by atoms with Gasteiger partial charge in [-0.15, -0.1) is 0 Å². The largest absolute Gasteiger partial charge is 0.496 e. The molecule has 1 aromatic heterocycles. The van der Waals surface area contributed by atoms with Crippen molar-refractivity contribution < 1.29 is 18.7 Å². The first-order valence-electron chi connectivity index (χ1n) is 12.7. The molecule has 1 aliphatic rings. The van der Waals surface area contributed by atoms with Crippen LogP contribution >= 0.6 is 0 Å². The summed E-state index contributed by atoms with van der Waals surface area (Å²) in [4.78, 5) is 27.8. The molecule has 5 rings (SSSR count). The number of nitrogens with zero attached hydrogens (tertiary/aromatic N) is 1. The van der Waals surface area contributed by atoms with Gasteiger partial charge in [0, 0.05) is 35.3 Å². The van der Waals surface area contributed by atoms with Crippen LogP contribution in [-0.2, 0) is 0 Å². The summed E-state index contributed by atoms with van der Waals surface area (Å²) >= 11 is 0. The predicted molar refractivity (Wildman–Crippen MR) is 149 cm³/mol.